The molecule has 1 aromatic heterocycles. The van der Waals surface area contributed by atoms with Crippen LogP contribution < -0.4 is 0 Å². The monoisotopic (exact) mass is 324 g/mol. The third kappa shape index (κ3) is 3.07. The Labute approximate surface area is 136 Å². The fourth-order valence-corrected chi connectivity index (χ4v) is 3.80. The molecule has 1 saturated carbocycles. The van der Waals surface area contributed by atoms with Crippen LogP contribution in [0.4, 0.5) is 0 Å². The molecule has 0 saturated heterocycles. The molecule has 0 amide bonds. The molecule has 1 fully saturated rings. The van der Waals surface area contributed by atoms with Crippen molar-refractivity contribution in [2.24, 2.45) is 5.92 Å². The van der Waals surface area contributed by atoms with Crippen molar-refractivity contribution in [2.75, 3.05) is 0 Å². The minimum Gasteiger partial charge on any atom is -0.324 e. The van der Waals surface area contributed by atoms with Gasteiger partial charge >= 0.3 is 0 Å². The van der Waals surface area contributed by atoms with Gasteiger partial charge in [-0.1, -0.05) is 31.4 Å². The number of hydrogen-bond acceptors (Lipinski definition) is 1. The number of rotatable bonds is 2. The Morgan fingerprint density at radius 2 is 2.05 bits per heavy atom. The molecule has 2 aromatic rings. The van der Waals surface area contributed by atoms with E-state index in [0.717, 1.165) is 22.3 Å². The Morgan fingerprint density at radius 1 is 1.24 bits per heavy atom. The van der Waals surface area contributed by atoms with Gasteiger partial charge in [0, 0.05) is 11.1 Å². The Kier molecular flexibility index (Phi) is 4.46. The molecule has 2 nitrogen and oxygen atoms in total. The third-order valence-corrected chi connectivity index (χ3v) is 5.06. The molecular weight excluding hydrogens is 303 g/mol. The summed E-state index contributed by atoms with van der Waals surface area (Å²) in [6.07, 6.45) is 6.34. The normalized spacial score (nSPS) is 25.0. The predicted molar refractivity (Wildman–Crippen MR) is 90.3 cm³/mol. The molecule has 0 spiro atoms. The van der Waals surface area contributed by atoms with Gasteiger partial charge in [0.05, 0.1) is 16.4 Å². The van der Waals surface area contributed by atoms with E-state index in [4.69, 9.17) is 28.2 Å². The lowest BCUT2D eigenvalue weighted by atomic mass is 10.0. The number of fused-ring (bicyclic) bond motifs is 1. The van der Waals surface area contributed by atoms with Gasteiger partial charge in [-0.15, -0.1) is 11.6 Å². The Hall–Kier alpha value is -0.730. The second-order valence-electron chi connectivity index (χ2n) is 6.36. The maximum Gasteiger partial charge on any atom is 0.127 e. The quantitative estimate of drug-likeness (QED) is 0.479. The van der Waals surface area contributed by atoms with Crippen molar-refractivity contribution in [1.82, 2.24) is 9.55 Å². The Balaban J connectivity index is 2.08. The van der Waals surface area contributed by atoms with Gasteiger partial charge in [-0.05, 0) is 50.3 Å². The first kappa shape index (κ1) is 15.2. The molecule has 0 radical (unpaired) electrons. The smallest absolute Gasteiger partial charge is 0.127 e. The van der Waals surface area contributed by atoms with Crippen LogP contribution in [0.3, 0.4) is 0 Å². The zero-order valence-electron chi connectivity index (χ0n) is 12.6. The zero-order chi connectivity index (χ0) is 15.0. The van der Waals surface area contributed by atoms with E-state index < -0.39 is 0 Å². The van der Waals surface area contributed by atoms with Crippen LogP contribution in [0.25, 0.3) is 11.0 Å². The highest BCUT2D eigenvalue weighted by Gasteiger charge is 2.24. The van der Waals surface area contributed by atoms with Crippen LogP contribution in [0.5, 0.6) is 0 Å². The fourth-order valence-electron chi connectivity index (χ4n) is 3.48. The van der Waals surface area contributed by atoms with Gasteiger partial charge in [0.15, 0.2) is 0 Å². The predicted octanol–water partition coefficient (Wildman–Crippen LogP) is 6.13. The van der Waals surface area contributed by atoms with E-state index in [0.29, 0.717) is 6.04 Å². The van der Waals surface area contributed by atoms with Crippen molar-refractivity contribution in [3.8, 4) is 0 Å². The second-order valence-corrected chi connectivity index (χ2v) is 7.45. The molecule has 3 atom stereocenters. The van der Waals surface area contributed by atoms with Crippen molar-refractivity contribution >= 4 is 34.2 Å². The van der Waals surface area contributed by atoms with E-state index in [9.17, 15) is 0 Å². The van der Waals surface area contributed by atoms with Crippen molar-refractivity contribution in [2.45, 2.75) is 57.4 Å². The van der Waals surface area contributed by atoms with Crippen LogP contribution >= 0.6 is 23.2 Å². The number of imidazole rings is 1. The van der Waals surface area contributed by atoms with Crippen molar-refractivity contribution in [1.29, 1.82) is 0 Å². The van der Waals surface area contributed by atoms with E-state index in [1.807, 2.05) is 19.1 Å². The van der Waals surface area contributed by atoms with Gasteiger partial charge < -0.3 is 4.57 Å². The molecule has 4 heteroatoms. The largest absolute Gasteiger partial charge is 0.324 e. The van der Waals surface area contributed by atoms with E-state index in [1.54, 1.807) is 0 Å². The molecule has 1 aromatic carbocycles. The summed E-state index contributed by atoms with van der Waals surface area (Å²) in [6, 6.07) is 6.48. The molecule has 114 valence electrons. The van der Waals surface area contributed by atoms with Crippen LogP contribution in [-0.2, 0) is 0 Å². The summed E-state index contributed by atoms with van der Waals surface area (Å²) in [7, 11) is 0. The van der Waals surface area contributed by atoms with Crippen LogP contribution in [0.2, 0.25) is 5.02 Å². The molecule has 21 heavy (non-hydrogen) atoms. The average Bonchev–Trinajstić information content (AvgIpc) is 2.68. The van der Waals surface area contributed by atoms with Crippen LogP contribution in [0.15, 0.2) is 18.2 Å². The van der Waals surface area contributed by atoms with Gasteiger partial charge in [0.25, 0.3) is 0 Å². The van der Waals surface area contributed by atoms with Gasteiger partial charge in [-0.3, -0.25) is 0 Å². The van der Waals surface area contributed by atoms with Crippen molar-refractivity contribution in [3.05, 3.63) is 29.0 Å². The molecule has 3 unspecified atom stereocenters. The van der Waals surface area contributed by atoms with Gasteiger partial charge in [-0.2, -0.15) is 0 Å². The van der Waals surface area contributed by atoms with Crippen LogP contribution in [0.1, 0.15) is 63.2 Å². The SMILES string of the molecule is CC1CCCC(n2c(C(C)Cl)nc3cc(Cl)ccc32)CC1. The fraction of sp³-hybridized carbons (Fsp3) is 0.588. The Bertz CT molecular complexity index is 633. The first-order valence-electron chi connectivity index (χ1n) is 7.87. The summed E-state index contributed by atoms with van der Waals surface area (Å²) in [5, 5.41) is 0.646. The number of hydrogen-bond donors (Lipinski definition) is 0. The lowest BCUT2D eigenvalue weighted by molar-refractivity contribution is 0.430. The highest BCUT2D eigenvalue weighted by Crippen LogP contribution is 2.36. The van der Waals surface area contributed by atoms with Gasteiger partial charge in [-0.25, -0.2) is 4.98 Å². The second kappa shape index (κ2) is 6.18. The number of aromatic nitrogens is 2. The van der Waals surface area contributed by atoms with Crippen molar-refractivity contribution in [3.63, 3.8) is 0 Å². The maximum atomic E-state index is 6.39. The summed E-state index contributed by atoms with van der Waals surface area (Å²) in [6.45, 7) is 4.36. The first-order chi connectivity index (χ1) is 10.1. The summed E-state index contributed by atoms with van der Waals surface area (Å²) in [4.78, 5) is 4.74. The van der Waals surface area contributed by atoms with E-state index in [-0.39, 0.29) is 5.38 Å². The molecule has 0 aliphatic heterocycles. The Morgan fingerprint density at radius 3 is 2.81 bits per heavy atom. The summed E-state index contributed by atoms with van der Waals surface area (Å²) in [5.74, 6) is 1.81. The number of benzene rings is 1. The molecule has 3 rings (SSSR count). The third-order valence-electron chi connectivity index (χ3n) is 4.63. The lowest BCUT2D eigenvalue weighted by Crippen LogP contribution is -2.12. The minimum absolute atomic E-state index is 0.0862. The molecule has 1 aliphatic rings. The highest BCUT2D eigenvalue weighted by molar-refractivity contribution is 6.31. The number of nitrogens with zero attached hydrogens (tertiary/aromatic N) is 2. The van der Waals surface area contributed by atoms with Crippen LogP contribution in [-0.4, -0.2) is 9.55 Å². The van der Waals surface area contributed by atoms with E-state index >= 15 is 0 Å². The van der Waals surface area contributed by atoms with Crippen molar-refractivity contribution < 1.29 is 0 Å². The lowest BCUT2D eigenvalue weighted by Gasteiger charge is -2.21. The minimum atomic E-state index is -0.0862. The molecular formula is C17H22Cl2N2. The average molecular weight is 325 g/mol. The van der Waals surface area contributed by atoms with Gasteiger partial charge in [0.1, 0.15) is 5.82 Å². The molecule has 0 N–H and O–H groups in total. The first-order valence-corrected chi connectivity index (χ1v) is 8.69. The number of halogens is 2. The van der Waals surface area contributed by atoms with E-state index in [1.165, 1.54) is 37.6 Å². The van der Waals surface area contributed by atoms with Crippen LogP contribution in [0, 0.1) is 5.92 Å². The van der Waals surface area contributed by atoms with Gasteiger partial charge in [0.2, 0.25) is 0 Å². The standard InChI is InChI=1S/C17H22Cl2N2/c1-11-4-3-5-14(8-6-11)21-16-9-7-13(19)10-15(16)20-17(21)12(2)18/h7,9-12,14H,3-6,8H2,1-2H3. The molecule has 0 bridgehead atoms. The highest BCUT2D eigenvalue weighted by atomic mass is 35.5. The zero-order valence-corrected chi connectivity index (χ0v) is 14.2. The summed E-state index contributed by atoms with van der Waals surface area (Å²) < 4.78 is 2.38. The number of alkyl halides is 1. The topological polar surface area (TPSA) is 17.8 Å². The molecule has 1 heterocycles. The maximum absolute atomic E-state index is 6.39. The summed E-state index contributed by atoms with van der Waals surface area (Å²) >= 11 is 12.5. The van der Waals surface area contributed by atoms with E-state index in [2.05, 4.69) is 17.6 Å². The molecule has 1 aliphatic carbocycles. The summed E-state index contributed by atoms with van der Waals surface area (Å²) in [5.41, 5.74) is 2.13.